The van der Waals surface area contributed by atoms with E-state index in [2.05, 4.69) is 21.3 Å². The Morgan fingerprint density at radius 1 is 1.04 bits per heavy atom. The monoisotopic (exact) mass is 328 g/mol. The molecule has 130 valence electrons. The Morgan fingerprint density at radius 3 is 2.35 bits per heavy atom. The number of unbranched alkanes of at least 4 members (excludes halogenated alkanes) is 1. The first-order valence-corrected chi connectivity index (χ1v) is 7.49. The van der Waals surface area contributed by atoms with Crippen LogP contribution in [0.15, 0.2) is 0 Å². The number of carbonyl (C=O) groups is 3. The van der Waals surface area contributed by atoms with Gasteiger partial charge in [0.15, 0.2) is 6.61 Å². The van der Waals surface area contributed by atoms with E-state index in [0.29, 0.717) is 32.4 Å². The second-order valence-corrected chi connectivity index (χ2v) is 4.37. The van der Waals surface area contributed by atoms with Crippen molar-refractivity contribution in [1.82, 2.24) is 10.6 Å². The van der Waals surface area contributed by atoms with Crippen molar-refractivity contribution < 1.29 is 28.6 Å². The number of terminal acetylenes is 1. The van der Waals surface area contributed by atoms with Crippen LogP contribution in [0.1, 0.15) is 33.1 Å². The molecule has 0 aliphatic rings. The maximum atomic E-state index is 11.8. The predicted molar refractivity (Wildman–Crippen MR) is 82.6 cm³/mol. The highest BCUT2D eigenvalue weighted by Gasteiger charge is 2.22. The highest BCUT2D eigenvalue weighted by Crippen LogP contribution is 2.04. The van der Waals surface area contributed by atoms with Crippen molar-refractivity contribution in [2.45, 2.75) is 39.2 Å². The largest absolute Gasteiger partial charge is 0.464 e. The third kappa shape index (κ3) is 10.9. The molecule has 0 bridgehead atoms. The molecule has 0 saturated heterocycles. The van der Waals surface area contributed by atoms with Crippen LogP contribution in [-0.4, -0.2) is 50.6 Å². The summed E-state index contributed by atoms with van der Waals surface area (Å²) in [5, 5.41) is 4.98. The van der Waals surface area contributed by atoms with Crippen molar-refractivity contribution in [3.63, 3.8) is 0 Å². The van der Waals surface area contributed by atoms with Crippen molar-refractivity contribution in [2.75, 3.05) is 26.4 Å². The number of carbonyl (C=O) groups excluding carboxylic acids is 3. The summed E-state index contributed by atoms with van der Waals surface area (Å²) in [6, 6.07) is -0.817. The molecule has 2 N–H and O–H groups in total. The summed E-state index contributed by atoms with van der Waals surface area (Å²) >= 11 is 0. The van der Waals surface area contributed by atoms with Crippen molar-refractivity contribution in [2.24, 2.45) is 0 Å². The average Bonchev–Trinajstić information content (AvgIpc) is 2.51. The summed E-state index contributed by atoms with van der Waals surface area (Å²) in [4.78, 5) is 34.3. The molecule has 1 atom stereocenters. The van der Waals surface area contributed by atoms with Crippen LogP contribution in [0.3, 0.4) is 0 Å². The second-order valence-electron chi connectivity index (χ2n) is 4.37. The number of rotatable bonds is 10. The number of alkyl carbamates (subject to hydrolysis) is 2. The average molecular weight is 328 g/mol. The van der Waals surface area contributed by atoms with Gasteiger partial charge in [0, 0.05) is 6.54 Å². The van der Waals surface area contributed by atoms with E-state index in [1.165, 1.54) is 0 Å². The van der Waals surface area contributed by atoms with Crippen LogP contribution in [0, 0.1) is 12.3 Å². The standard InChI is InChI=1S/C15H24N2O6/c1-4-11-23-15(20)17-12(13(18)21-5-2)9-7-8-10-16-14(19)22-6-3/h1,12H,5-11H2,2-3H3,(H,16,19)(H,17,20). The molecule has 0 radical (unpaired) electrons. The van der Waals surface area contributed by atoms with Gasteiger partial charge in [0.05, 0.1) is 13.2 Å². The van der Waals surface area contributed by atoms with Gasteiger partial charge in [0.2, 0.25) is 0 Å². The molecule has 0 aromatic carbocycles. The number of hydrogen-bond donors (Lipinski definition) is 2. The van der Waals surface area contributed by atoms with Crippen molar-refractivity contribution >= 4 is 18.2 Å². The molecule has 1 unspecified atom stereocenters. The van der Waals surface area contributed by atoms with E-state index >= 15 is 0 Å². The first-order chi connectivity index (χ1) is 11.0. The topological polar surface area (TPSA) is 103 Å². The summed E-state index contributed by atoms with van der Waals surface area (Å²) in [7, 11) is 0. The fraction of sp³-hybridized carbons (Fsp3) is 0.667. The van der Waals surface area contributed by atoms with E-state index in [1.54, 1.807) is 13.8 Å². The summed E-state index contributed by atoms with van der Waals surface area (Å²) in [6.07, 6.45) is 5.29. The van der Waals surface area contributed by atoms with Crippen LogP contribution in [-0.2, 0) is 19.0 Å². The van der Waals surface area contributed by atoms with Gasteiger partial charge in [-0.05, 0) is 33.1 Å². The van der Waals surface area contributed by atoms with Crippen LogP contribution < -0.4 is 10.6 Å². The molecule has 0 aliphatic heterocycles. The molecule has 8 heteroatoms. The van der Waals surface area contributed by atoms with Gasteiger partial charge in [-0.15, -0.1) is 6.42 Å². The van der Waals surface area contributed by atoms with E-state index < -0.39 is 24.2 Å². The smallest absolute Gasteiger partial charge is 0.408 e. The molecule has 0 aromatic heterocycles. The Bertz CT molecular complexity index is 419. The zero-order valence-corrected chi connectivity index (χ0v) is 13.6. The van der Waals surface area contributed by atoms with Crippen molar-refractivity contribution in [1.29, 1.82) is 0 Å². The van der Waals surface area contributed by atoms with Crippen molar-refractivity contribution in [3.05, 3.63) is 0 Å². The predicted octanol–water partition coefficient (Wildman–Crippen LogP) is 1.19. The van der Waals surface area contributed by atoms with Gasteiger partial charge < -0.3 is 24.8 Å². The van der Waals surface area contributed by atoms with E-state index in [0.717, 1.165) is 0 Å². The van der Waals surface area contributed by atoms with Crippen LogP contribution in [0.5, 0.6) is 0 Å². The molecule has 0 aliphatic carbocycles. The number of esters is 1. The summed E-state index contributed by atoms with van der Waals surface area (Å²) in [6.45, 7) is 4.14. The molecular formula is C15H24N2O6. The van der Waals surface area contributed by atoms with Gasteiger partial charge in [-0.25, -0.2) is 14.4 Å². The van der Waals surface area contributed by atoms with Gasteiger partial charge in [-0.2, -0.15) is 0 Å². The number of amides is 2. The maximum Gasteiger partial charge on any atom is 0.408 e. The van der Waals surface area contributed by atoms with Gasteiger partial charge in [0.25, 0.3) is 0 Å². The van der Waals surface area contributed by atoms with Crippen LogP contribution in [0.25, 0.3) is 0 Å². The number of hydrogen-bond acceptors (Lipinski definition) is 6. The van der Waals surface area contributed by atoms with Crippen LogP contribution >= 0.6 is 0 Å². The van der Waals surface area contributed by atoms with E-state index in [9.17, 15) is 14.4 Å². The van der Waals surface area contributed by atoms with Gasteiger partial charge >= 0.3 is 18.2 Å². The first-order valence-electron chi connectivity index (χ1n) is 7.49. The molecule has 23 heavy (non-hydrogen) atoms. The van der Waals surface area contributed by atoms with Gasteiger partial charge in [-0.3, -0.25) is 0 Å². The quantitative estimate of drug-likeness (QED) is 0.270. The fourth-order valence-corrected chi connectivity index (χ4v) is 1.63. The zero-order chi connectivity index (χ0) is 17.5. The lowest BCUT2D eigenvalue weighted by atomic mass is 10.1. The van der Waals surface area contributed by atoms with Crippen molar-refractivity contribution in [3.8, 4) is 12.3 Å². The lowest BCUT2D eigenvalue weighted by molar-refractivity contribution is -0.145. The molecule has 2 amide bonds. The summed E-state index contributed by atoms with van der Waals surface area (Å²) in [5.41, 5.74) is 0. The lowest BCUT2D eigenvalue weighted by Crippen LogP contribution is -2.42. The van der Waals surface area contributed by atoms with Gasteiger partial charge in [-0.1, -0.05) is 5.92 Å². The molecule has 0 aromatic rings. The molecule has 0 spiro atoms. The van der Waals surface area contributed by atoms with Crippen LogP contribution in [0.4, 0.5) is 9.59 Å². The Morgan fingerprint density at radius 2 is 1.74 bits per heavy atom. The fourth-order valence-electron chi connectivity index (χ4n) is 1.63. The molecule has 0 fully saturated rings. The number of ether oxygens (including phenoxy) is 3. The third-order valence-electron chi connectivity index (χ3n) is 2.61. The molecule has 0 rings (SSSR count). The minimum Gasteiger partial charge on any atom is -0.464 e. The Balaban J connectivity index is 4.16. The van der Waals surface area contributed by atoms with E-state index in [-0.39, 0.29) is 13.2 Å². The minimum absolute atomic E-state index is 0.176. The molecular weight excluding hydrogens is 304 g/mol. The first kappa shape index (κ1) is 20.6. The third-order valence-corrected chi connectivity index (χ3v) is 2.61. The zero-order valence-electron chi connectivity index (χ0n) is 13.6. The molecule has 8 nitrogen and oxygen atoms in total. The molecule has 0 heterocycles. The SMILES string of the molecule is C#CCOC(=O)NC(CCCCNC(=O)OCC)C(=O)OCC. The normalized spacial score (nSPS) is 10.8. The highest BCUT2D eigenvalue weighted by atomic mass is 16.6. The van der Waals surface area contributed by atoms with Crippen LogP contribution in [0.2, 0.25) is 0 Å². The minimum atomic E-state index is -0.817. The second kappa shape index (κ2) is 13.2. The molecule has 0 saturated carbocycles. The maximum absolute atomic E-state index is 11.8. The van der Waals surface area contributed by atoms with E-state index in [1.807, 2.05) is 0 Å². The number of nitrogens with one attached hydrogen (secondary N) is 2. The Hall–Kier alpha value is -2.43. The van der Waals surface area contributed by atoms with E-state index in [4.69, 9.17) is 15.9 Å². The Kier molecular flexibility index (Phi) is 11.8. The Labute approximate surface area is 136 Å². The summed E-state index contributed by atoms with van der Waals surface area (Å²) < 4.78 is 14.3. The lowest BCUT2D eigenvalue weighted by Gasteiger charge is -2.16. The summed E-state index contributed by atoms with van der Waals surface area (Å²) in [5.74, 6) is 1.62. The highest BCUT2D eigenvalue weighted by molar-refractivity contribution is 5.81. The van der Waals surface area contributed by atoms with Gasteiger partial charge in [0.1, 0.15) is 6.04 Å².